The van der Waals surface area contributed by atoms with E-state index in [-0.39, 0.29) is 5.02 Å². The van der Waals surface area contributed by atoms with Crippen LogP contribution in [0.25, 0.3) is 0 Å². The Kier molecular flexibility index (Phi) is 3.49. The van der Waals surface area contributed by atoms with Crippen molar-refractivity contribution >= 4 is 29.1 Å². The lowest BCUT2D eigenvalue weighted by Gasteiger charge is -2.05. The molecule has 3 nitrogen and oxygen atoms in total. The van der Waals surface area contributed by atoms with Crippen molar-refractivity contribution in [1.82, 2.24) is 9.97 Å². The van der Waals surface area contributed by atoms with Gasteiger partial charge in [-0.25, -0.2) is 14.4 Å². The van der Waals surface area contributed by atoms with Crippen LogP contribution in [0.3, 0.4) is 0 Å². The fraction of sp³-hybridized carbons (Fsp3) is 0.0909. The second-order valence-electron chi connectivity index (χ2n) is 3.45. The van der Waals surface area contributed by atoms with Crippen molar-refractivity contribution in [3.05, 3.63) is 40.9 Å². The van der Waals surface area contributed by atoms with Crippen LogP contribution in [0.2, 0.25) is 5.02 Å². The molecule has 0 unspecified atom stereocenters. The monoisotopic (exact) mass is 269 g/mol. The van der Waals surface area contributed by atoms with E-state index >= 15 is 0 Å². The Morgan fingerprint density at radius 2 is 1.94 bits per heavy atom. The summed E-state index contributed by atoms with van der Waals surface area (Å²) in [6.07, 6.45) is 3.38. The molecule has 0 atom stereocenters. The minimum Gasteiger partial charge on any atom is -0.398 e. The summed E-state index contributed by atoms with van der Waals surface area (Å²) in [5.74, 6) is -0.504. The molecule has 0 saturated carbocycles. The third-order valence-corrected chi connectivity index (χ3v) is 3.27. The zero-order valence-electron chi connectivity index (χ0n) is 8.95. The minimum absolute atomic E-state index is 0.0108. The number of aromatic nitrogens is 2. The van der Waals surface area contributed by atoms with Gasteiger partial charge >= 0.3 is 0 Å². The molecule has 17 heavy (non-hydrogen) atoms. The molecule has 1 heterocycles. The maximum absolute atomic E-state index is 13.3. The summed E-state index contributed by atoms with van der Waals surface area (Å²) < 4.78 is 13.3. The molecule has 2 N–H and O–H groups in total. The molecule has 0 bridgehead atoms. The number of halogens is 2. The smallest absolute Gasteiger partial charge is 0.192 e. The van der Waals surface area contributed by atoms with Crippen LogP contribution in [-0.4, -0.2) is 9.97 Å². The van der Waals surface area contributed by atoms with Crippen molar-refractivity contribution in [3.8, 4) is 0 Å². The van der Waals surface area contributed by atoms with E-state index in [1.165, 1.54) is 23.9 Å². The average Bonchev–Trinajstić information content (AvgIpc) is 2.29. The van der Waals surface area contributed by atoms with Crippen LogP contribution in [-0.2, 0) is 0 Å². The van der Waals surface area contributed by atoms with Gasteiger partial charge in [0.15, 0.2) is 5.16 Å². The number of anilines is 1. The van der Waals surface area contributed by atoms with Crippen LogP contribution in [0.4, 0.5) is 10.1 Å². The van der Waals surface area contributed by atoms with Gasteiger partial charge in [-0.3, -0.25) is 0 Å². The first-order valence-electron chi connectivity index (χ1n) is 4.77. The Balaban J connectivity index is 2.30. The van der Waals surface area contributed by atoms with E-state index in [0.29, 0.717) is 15.7 Å². The molecule has 0 aliphatic heterocycles. The van der Waals surface area contributed by atoms with Crippen LogP contribution >= 0.6 is 23.4 Å². The summed E-state index contributed by atoms with van der Waals surface area (Å²) in [6, 6.07) is 2.67. The Labute approximate surface area is 107 Å². The molecule has 0 radical (unpaired) electrons. The zero-order chi connectivity index (χ0) is 12.4. The minimum atomic E-state index is -0.504. The van der Waals surface area contributed by atoms with Gasteiger partial charge in [-0.1, -0.05) is 11.6 Å². The molecule has 88 valence electrons. The molecule has 0 aliphatic carbocycles. The molecular formula is C11H9ClFN3S. The fourth-order valence-corrected chi connectivity index (χ4v) is 2.08. The number of nitrogens with zero attached hydrogens (tertiary/aromatic N) is 2. The van der Waals surface area contributed by atoms with Gasteiger partial charge in [0, 0.05) is 23.0 Å². The van der Waals surface area contributed by atoms with Gasteiger partial charge in [0.25, 0.3) is 0 Å². The van der Waals surface area contributed by atoms with Crippen molar-refractivity contribution in [2.45, 2.75) is 17.0 Å². The lowest BCUT2D eigenvalue weighted by molar-refractivity contribution is 0.625. The highest BCUT2D eigenvalue weighted by Crippen LogP contribution is 2.33. The zero-order valence-corrected chi connectivity index (χ0v) is 10.5. The summed E-state index contributed by atoms with van der Waals surface area (Å²) in [5.41, 5.74) is 7.11. The lowest BCUT2D eigenvalue weighted by atomic mass is 10.3. The summed E-state index contributed by atoms with van der Waals surface area (Å²) in [5, 5.41) is 0.528. The highest BCUT2D eigenvalue weighted by atomic mass is 35.5. The average molecular weight is 270 g/mol. The quantitative estimate of drug-likeness (QED) is 0.671. The fourth-order valence-electron chi connectivity index (χ4n) is 1.16. The standard InChI is InChI=1S/C11H9ClFN3S/c1-6-4-15-11(16-5-6)17-10-3-8(13)7(12)2-9(10)14/h2-5H,14H2,1H3. The second kappa shape index (κ2) is 4.89. The van der Waals surface area contributed by atoms with E-state index < -0.39 is 5.82 Å². The van der Waals surface area contributed by atoms with E-state index in [1.807, 2.05) is 6.92 Å². The Hall–Kier alpha value is -1.33. The molecule has 0 fully saturated rings. The maximum atomic E-state index is 13.3. The number of hydrogen-bond acceptors (Lipinski definition) is 4. The molecule has 1 aromatic heterocycles. The summed E-state index contributed by atoms with van der Waals surface area (Å²) in [4.78, 5) is 8.77. The molecule has 2 aromatic rings. The number of benzene rings is 1. The van der Waals surface area contributed by atoms with E-state index in [9.17, 15) is 4.39 Å². The van der Waals surface area contributed by atoms with Crippen LogP contribution < -0.4 is 5.73 Å². The van der Waals surface area contributed by atoms with Gasteiger partial charge in [0.2, 0.25) is 0 Å². The number of nitrogen functional groups attached to an aromatic ring is 1. The van der Waals surface area contributed by atoms with Crippen molar-refractivity contribution in [1.29, 1.82) is 0 Å². The summed E-state index contributed by atoms with van der Waals surface area (Å²) in [7, 11) is 0. The van der Waals surface area contributed by atoms with E-state index in [2.05, 4.69) is 9.97 Å². The van der Waals surface area contributed by atoms with Crippen molar-refractivity contribution < 1.29 is 4.39 Å². The van der Waals surface area contributed by atoms with Crippen LogP contribution in [0.5, 0.6) is 0 Å². The van der Waals surface area contributed by atoms with Crippen molar-refractivity contribution in [3.63, 3.8) is 0 Å². The van der Waals surface area contributed by atoms with Gasteiger partial charge < -0.3 is 5.73 Å². The molecule has 0 saturated heterocycles. The predicted molar refractivity (Wildman–Crippen MR) is 66.7 cm³/mol. The molecule has 0 spiro atoms. The largest absolute Gasteiger partial charge is 0.398 e. The highest BCUT2D eigenvalue weighted by molar-refractivity contribution is 7.99. The van der Waals surface area contributed by atoms with E-state index in [1.54, 1.807) is 12.4 Å². The predicted octanol–water partition coefficient (Wildman–Crippen LogP) is 3.31. The number of nitrogens with two attached hydrogens (primary N) is 1. The van der Waals surface area contributed by atoms with Crippen molar-refractivity contribution in [2.24, 2.45) is 0 Å². The van der Waals surface area contributed by atoms with Gasteiger partial charge in [-0.05, 0) is 36.4 Å². The molecule has 0 amide bonds. The molecule has 0 aliphatic rings. The number of hydrogen-bond donors (Lipinski definition) is 1. The number of aryl methyl sites for hydroxylation is 1. The van der Waals surface area contributed by atoms with Gasteiger partial charge in [0.05, 0.1) is 5.02 Å². The van der Waals surface area contributed by atoms with Gasteiger partial charge in [-0.15, -0.1) is 0 Å². The van der Waals surface area contributed by atoms with E-state index in [4.69, 9.17) is 17.3 Å². The third-order valence-electron chi connectivity index (χ3n) is 2.01. The second-order valence-corrected chi connectivity index (χ2v) is 4.87. The molecular weight excluding hydrogens is 261 g/mol. The van der Waals surface area contributed by atoms with Crippen LogP contribution in [0, 0.1) is 12.7 Å². The molecule has 1 aromatic carbocycles. The SMILES string of the molecule is Cc1cnc(Sc2cc(F)c(Cl)cc2N)nc1. The number of rotatable bonds is 2. The maximum Gasteiger partial charge on any atom is 0.192 e. The Bertz CT molecular complexity index is 545. The molecule has 2 rings (SSSR count). The topological polar surface area (TPSA) is 51.8 Å². The lowest BCUT2D eigenvalue weighted by Crippen LogP contribution is -1.93. The molecule has 6 heteroatoms. The Morgan fingerprint density at radius 1 is 1.29 bits per heavy atom. The Morgan fingerprint density at radius 3 is 2.59 bits per heavy atom. The summed E-state index contributed by atoms with van der Waals surface area (Å²) >= 11 is 6.81. The highest BCUT2D eigenvalue weighted by Gasteiger charge is 2.09. The van der Waals surface area contributed by atoms with Crippen LogP contribution in [0.15, 0.2) is 34.6 Å². The first-order valence-corrected chi connectivity index (χ1v) is 5.97. The first kappa shape index (κ1) is 12.1. The van der Waals surface area contributed by atoms with E-state index in [0.717, 1.165) is 5.56 Å². The first-order chi connectivity index (χ1) is 8.06. The van der Waals surface area contributed by atoms with Gasteiger partial charge in [0.1, 0.15) is 5.82 Å². The van der Waals surface area contributed by atoms with Crippen molar-refractivity contribution in [2.75, 3.05) is 5.73 Å². The van der Waals surface area contributed by atoms with Gasteiger partial charge in [-0.2, -0.15) is 0 Å². The summed E-state index contributed by atoms with van der Waals surface area (Å²) in [6.45, 7) is 1.89. The normalized spacial score (nSPS) is 10.5. The third kappa shape index (κ3) is 2.87. The van der Waals surface area contributed by atoms with Crippen LogP contribution in [0.1, 0.15) is 5.56 Å².